The van der Waals surface area contributed by atoms with E-state index >= 15 is 0 Å². The van der Waals surface area contributed by atoms with E-state index in [0.29, 0.717) is 11.1 Å². The Balaban J connectivity index is 1.96. The molecule has 0 amide bonds. The summed E-state index contributed by atoms with van der Waals surface area (Å²) in [5, 5.41) is 9.89. The van der Waals surface area contributed by atoms with Crippen molar-refractivity contribution in [1.29, 1.82) is 0 Å². The molecule has 170 valence electrons. The fourth-order valence-electron chi connectivity index (χ4n) is 4.05. The Hall–Kier alpha value is -3.36. The predicted molar refractivity (Wildman–Crippen MR) is 119 cm³/mol. The zero-order valence-electron chi connectivity index (χ0n) is 17.7. The molecule has 0 saturated carbocycles. The number of halogens is 2. The topological polar surface area (TPSA) is 74.7 Å². The number of hydrogen-bond acceptors (Lipinski definition) is 3. The first-order valence-electron chi connectivity index (χ1n) is 10.2. The molecule has 0 aliphatic carbocycles. The molecule has 33 heavy (non-hydrogen) atoms. The summed E-state index contributed by atoms with van der Waals surface area (Å²) >= 11 is 0. The van der Waals surface area contributed by atoms with E-state index in [-0.39, 0.29) is 16.9 Å². The Bertz CT molecular complexity index is 1300. The molecule has 0 spiro atoms. The van der Waals surface area contributed by atoms with Crippen LogP contribution in [0.1, 0.15) is 35.2 Å². The lowest BCUT2D eigenvalue weighted by atomic mass is 9.89. The zero-order valence-corrected chi connectivity index (χ0v) is 18.5. The Labute approximate surface area is 190 Å². The van der Waals surface area contributed by atoms with E-state index in [2.05, 4.69) is 0 Å². The Morgan fingerprint density at radius 2 is 1.39 bits per heavy atom. The molecule has 5 nitrogen and oxygen atoms in total. The van der Waals surface area contributed by atoms with Gasteiger partial charge in [-0.1, -0.05) is 48.0 Å². The van der Waals surface area contributed by atoms with Crippen LogP contribution in [-0.4, -0.2) is 23.8 Å². The molecule has 0 radical (unpaired) electrons. The number of nitrogens with zero attached hydrogens (tertiary/aromatic N) is 1. The van der Waals surface area contributed by atoms with Gasteiger partial charge in [0.2, 0.25) is 10.0 Å². The van der Waals surface area contributed by atoms with Gasteiger partial charge in [0.1, 0.15) is 11.6 Å². The third-order valence-corrected chi connectivity index (χ3v) is 7.59. The summed E-state index contributed by atoms with van der Waals surface area (Å²) in [7, 11) is -4.22. The van der Waals surface area contributed by atoms with E-state index in [4.69, 9.17) is 0 Å². The first kappa shape index (κ1) is 22.8. The van der Waals surface area contributed by atoms with Crippen molar-refractivity contribution in [3.8, 4) is 0 Å². The third-order valence-electron chi connectivity index (χ3n) is 5.70. The smallest absolute Gasteiger partial charge is 0.333 e. The van der Waals surface area contributed by atoms with Crippen LogP contribution in [0.15, 0.2) is 89.3 Å². The SMILES string of the molecule is Cc1ccc(S(=O)(=O)N2[C@@H](c3ccc(F)cc3)C(C(=O)O)=CC[C@H]2c2ccc(F)cc2)cc1. The number of carbonyl (C=O) groups is 1. The van der Waals surface area contributed by atoms with Crippen LogP contribution in [0.3, 0.4) is 0 Å². The van der Waals surface area contributed by atoms with Crippen LogP contribution in [0.4, 0.5) is 8.78 Å². The number of sulfonamides is 1. The van der Waals surface area contributed by atoms with Crippen molar-refractivity contribution in [2.24, 2.45) is 0 Å². The number of carboxylic acids is 1. The largest absolute Gasteiger partial charge is 0.478 e. The minimum Gasteiger partial charge on any atom is -0.478 e. The van der Waals surface area contributed by atoms with E-state index in [1.54, 1.807) is 12.1 Å². The number of aryl methyl sites for hydroxylation is 1. The van der Waals surface area contributed by atoms with Crippen molar-refractivity contribution in [1.82, 2.24) is 4.31 Å². The van der Waals surface area contributed by atoms with E-state index in [1.807, 2.05) is 6.92 Å². The first-order chi connectivity index (χ1) is 15.7. The number of rotatable bonds is 5. The molecular formula is C25H21F2NO4S. The number of hydrogen-bond donors (Lipinski definition) is 1. The van der Waals surface area contributed by atoms with Gasteiger partial charge < -0.3 is 5.11 Å². The van der Waals surface area contributed by atoms with Gasteiger partial charge in [0.05, 0.1) is 22.6 Å². The summed E-state index contributed by atoms with van der Waals surface area (Å²) in [4.78, 5) is 12.1. The molecule has 0 aromatic heterocycles. The van der Waals surface area contributed by atoms with Crippen molar-refractivity contribution >= 4 is 16.0 Å². The highest BCUT2D eigenvalue weighted by Gasteiger charge is 2.44. The maximum absolute atomic E-state index is 13.9. The van der Waals surface area contributed by atoms with Gasteiger partial charge in [0.25, 0.3) is 0 Å². The van der Waals surface area contributed by atoms with Crippen LogP contribution in [0.2, 0.25) is 0 Å². The van der Waals surface area contributed by atoms with Crippen LogP contribution in [0.5, 0.6) is 0 Å². The lowest BCUT2D eigenvalue weighted by Crippen LogP contribution is -2.42. The van der Waals surface area contributed by atoms with E-state index < -0.39 is 39.7 Å². The third kappa shape index (κ3) is 4.44. The fourth-order valence-corrected chi connectivity index (χ4v) is 5.83. The van der Waals surface area contributed by atoms with Crippen molar-refractivity contribution < 1.29 is 27.1 Å². The summed E-state index contributed by atoms with van der Waals surface area (Å²) in [6.07, 6.45) is 1.56. The first-order valence-corrected chi connectivity index (χ1v) is 11.7. The average molecular weight is 470 g/mol. The maximum Gasteiger partial charge on any atom is 0.333 e. The molecular weight excluding hydrogens is 448 g/mol. The second-order valence-electron chi connectivity index (χ2n) is 7.87. The molecule has 8 heteroatoms. The molecule has 3 aromatic rings. The average Bonchev–Trinajstić information content (AvgIpc) is 2.79. The molecule has 1 heterocycles. The van der Waals surface area contributed by atoms with Gasteiger partial charge in [-0.3, -0.25) is 0 Å². The molecule has 1 aliphatic heterocycles. The summed E-state index contributed by atoms with van der Waals surface area (Å²) in [5.74, 6) is -2.27. The highest BCUT2D eigenvalue weighted by atomic mass is 32.2. The molecule has 1 N–H and O–H groups in total. The zero-order chi connectivity index (χ0) is 23.8. The summed E-state index contributed by atoms with van der Waals surface area (Å²) in [6.45, 7) is 1.82. The number of carboxylic acid groups (broad SMARTS) is 1. The van der Waals surface area contributed by atoms with E-state index in [0.717, 1.165) is 22.0 Å². The molecule has 4 rings (SSSR count). The van der Waals surface area contributed by atoms with Gasteiger partial charge in [-0.2, -0.15) is 4.31 Å². The van der Waals surface area contributed by atoms with E-state index in [9.17, 15) is 27.1 Å². The van der Waals surface area contributed by atoms with Crippen molar-refractivity contribution in [3.05, 3.63) is 113 Å². The number of aliphatic carboxylic acids is 1. The standard InChI is InChI=1S/C25H21F2NO4S/c1-16-2-12-21(13-3-16)33(31,32)28-23(17-4-8-19(26)9-5-17)15-14-22(25(29)30)24(28)18-6-10-20(27)11-7-18/h2-14,23-24H,15H2,1H3,(H,29,30)/t23-,24-/m0/s1. The van der Waals surface area contributed by atoms with Crippen LogP contribution in [-0.2, 0) is 14.8 Å². The molecule has 0 unspecified atom stereocenters. The van der Waals surface area contributed by atoms with Gasteiger partial charge in [0, 0.05) is 0 Å². The predicted octanol–water partition coefficient (Wildman–Crippen LogP) is 5.16. The van der Waals surface area contributed by atoms with Crippen molar-refractivity contribution in [2.45, 2.75) is 30.3 Å². The Morgan fingerprint density at radius 1 is 0.879 bits per heavy atom. The van der Waals surface area contributed by atoms with Gasteiger partial charge in [-0.05, 0) is 60.9 Å². The van der Waals surface area contributed by atoms with Crippen LogP contribution in [0.25, 0.3) is 0 Å². The molecule has 2 atom stereocenters. The van der Waals surface area contributed by atoms with Gasteiger partial charge in [-0.15, -0.1) is 0 Å². The lowest BCUT2D eigenvalue weighted by Gasteiger charge is -2.40. The minimum absolute atomic E-state index is 0.000961. The Kier molecular flexibility index (Phi) is 6.14. The molecule has 0 saturated heterocycles. The quantitative estimate of drug-likeness (QED) is 0.560. The highest BCUT2D eigenvalue weighted by Crippen LogP contribution is 2.45. The van der Waals surface area contributed by atoms with Crippen molar-refractivity contribution in [2.75, 3.05) is 0 Å². The Morgan fingerprint density at radius 3 is 1.91 bits per heavy atom. The lowest BCUT2D eigenvalue weighted by molar-refractivity contribution is -0.133. The molecule has 3 aromatic carbocycles. The van der Waals surface area contributed by atoms with Crippen LogP contribution >= 0.6 is 0 Å². The highest BCUT2D eigenvalue weighted by molar-refractivity contribution is 7.89. The van der Waals surface area contributed by atoms with Gasteiger partial charge in [0.15, 0.2) is 0 Å². The maximum atomic E-state index is 13.9. The summed E-state index contributed by atoms with van der Waals surface area (Å²) < 4.78 is 56.2. The summed E-state index contributed by atoms with van der Waals surface area (Å²) in [6, 6.07) is 14.7. The second kappa shape index (κ2) is 8.88. The molecule has 1 aliphatic rings. The van der Waals surface area contributed by atoms with Gasteiger partial charge in [-0.25, -0.2) is 22.0 Å². The van der Waals surface area contributed by atoms with Crippen LogP contribution in [0, 0.1) is 18.6 Å². The van der Waals surface area contributed by atoms with E-state index in [1.165, 1.54) is 54.6 Å². The summed E-state index contributed by atoms with van der Waals surface area (Å²) in [5.41, 5.74) is 1.56. The van der Waals surface area contributed by atoms with Crippen LogP contribution < -0.4 is 0 Å². The van der Waals surface area contributed by atoms with Crippen molar-refractivity contribution in [3.63, 3.8) is 0 Å². The van der Waals surface area contributed by atoms with Gasteiger partial charge >= 0.3 is 5.97 Å². The monoisotopic (exact) mass is 469 g/mol. The normalized spacial score (nSPS) is 19.2. The second-order valence-corrected chi connectivity index (χ2v) is 9.71. The molecule has 0 fully saturated rings. The molecule has 0 bridgehead atoms. The minimum atomic E-state index is -4.22. The number of benzene rings is 3. The fraction of sp³-hybridized carbons (Fsp3) is 0.160.